The first-order valence-electron chi connectivity index (χ1n) is 9.80. The average Bonchev–Trinajstić information content (AvgIpc) is 3.22. The molecular formula is C22H29N3O3. The maximum atomic E-state index is 12.8. The van der Waals surface area contributed by atoms with Crippen LogP contribution in [0.2, 0.25) is 0 Å². The Morgan fingerprint density at radius 3 is 2.54 bits per heavy atom. The zero-order valence-corrected chi connectivity index (χ0v) is 16.7. The largest absolute Gasteiger partial charge is 0.493 e. The summed E-state index contributed by atoms with van der Waals surface area (Å²) in [4.78, 5) is 12.8. The first-order chi connectivity index (χ1) is 13.7. The molecule has 2 unspecified atom stereocenters. The van der Waals surface area contributed by atoms with Crippen molar-refractivity contribution in [3.8, 4) is 11.5 Å². The van der Waals surface area contributed by atoms with Crippen molar-refractivity contribution >= 4 is 5.91 Å². The Hall–Kier alpha value is -2.57. The highest BCUT2D eigenvalue weighted by molar-refractivity contribution is 5.80. The number of carbonyl (C=O) groups is 1. The number of amides is 1. The van der Waals surface area contributed by atoms with E-state index >= 15 is 0 Å². The minimum absolute atomic E-state index is 0.0239. The van der Waals surface area contributed by atoms with Crippen LogP contribution in [-0.4, -0.2) is 26.2 Å². The summed E-state index contributed by atoms with van der Waals surface area (Å²) in [6, 6.07) is 14.1. The molecule has 2 aromatic rings. The number of hydrogen-bond donors (Lipinski definition) is 3. The lowest BCUT2D eigenvalue weighted by Crippen LogP contribution is -2.34. The van der Waals surface area contributed by atoms with Gasteiger partial charge in [-0.15, -0.1) is 0 Å². The van der Waals surface area contributed by atoms with Crippen molar-refractivity contribution in [1.82, 2.24) is 16.2 Å². The molecule has 0 spiro atoms. The molecule has 1 amide bonds. The molecular weight excluding hydrogens is 354 g/mol. The van der Waals surface area contributed by atoms with Gasteiger partial charge in [0.2, 0.25) is 5.91 Å². The van der Waals surface area contributed by atoms with E-state index in [-0.39, 0.29) is 17.9 Å². The molecule has 0 aromatic heterocycles. The van der Waals surface area contributed by atoms with E-state index in [4.69, 9.17) is 9.47 Å². The van der Waals surface area contributed by atoms with Crippen LogP contribution in [0.1, 0.15) is 36.6 Å². The molecule has 1 aliphatic rings. The number of methoxy groups -OCH3 is 1. The number of rotatable bonds is 8. The van der Waals surface area contributed by atoms with Gasteiger partial charge in [0, 0.05) is 13.1 Å². The van der Waals surface area contributed by atoms with Crippen LogP contribution in [-0.2, 0) is 17.8 Å². The summed E-state index contributed by atoms with van der Waals surface area (Å²) in [6.07, 6.45) is 1.01. The van der Waals surface area contributed by atoms with Crippen molar-refractivity contribution in [2.24, 2.45) is 5.92 Å². The number of hydrazine groups is 1. The Bertz CT molecular complexity index is 792. The first-order valence-corrected chi connectivity index (χ1v) is 9.80. The van der Waals surface area contributed by atoms with E-state index in [0.717, 1.165) is 17.5 Å². The monoisotopic (exact) mass is 383 g/mol. The molecule has 2 aromatic carbocycles. The molecule has 6 heteroatoms. The molecule has 0 aliphatic carbocycles. The lowest BCUT2D eigenvalue weighted by molar-refractivity contribution is -0.125. The number of carbonyl (C=O) groups excluding carboxylic acids is 1. The number of benzene rings is 2. The van der Waals surface area contributed by atoms with Gasteiger partial charge in [0.25, 0.3) is 0 Å². The Labute approximate surface area is 166 Å². The van der Waals surface area contributed by atoms with E-state index in [9.17, 15) is 4.79 Å². The second kappa shape index (κ2) is 9.57. The molecule has 2 atom stereocenters. The van der Waals surface area contributed by atoms with Crippen LogP contribution < -0.4 is 25.6 Å². The predicted octanol–water partition coefficient (Wildman–Crippen LogP) is 2.74. The van der Waals surface area contributed by atoms with E-state index < -0.39 is 0 Å². The summed E-state index contributed by atoms with van der Waals surface area (Å²) in [6.45, 7) is 5.67. The van der Waals surface area contributed by atoms with Crippen LogP contribution in [0.15, 0.2) is 42.5 Å². The van der Waals surface area contributed by atoms with Crippen LogP contribution in [0, 0.1) is 5.92 Å². The second-order valence-corrected chi connectivity index (χ2v) is 6.84. The van der Waals surface area contributed by atoms with Crippen LogP contribution in [0.3, 0.4) is 0 Å². The topological polar surface area (TPSA) is 71.6 Å². The smallest absolute Gasteiger partial charge is 0.226 e. The van der Waals surface area contributed by atoms with E-state index in [1.165, 1.54) is 5.56 Å². The molecule has 3 N–H and O–H groups in total. The van der Waals surface area contributed by atoms with Crippen molar-refractivity contribution < 1.29 is 14.3 Å². The van der Waals surface area contributed by atoms with Gasteiger partial charge < -0.3 is 14.8 Å². The minimum atomic E-state index is -0.169. The molecule has 3 rings (SSSR count). The van der Waals surface area contributed by atoms with Crippen LogP contribution in [0.5, 0.6) is 11.5 Å². The summed E-state index contributed by atoms with van der Waals surface area (Å²) in [5, 5.41) is 3.05. The zero-order chi connectivity index (χ0) is 19.9. The lowest BCUT2D eigenvalue weighted by atomic mass is 9.93. The molecule has 0 bridgehead atoms. The second-order valence-electron chi connectivity index (χ2n) is 6.84. The Morgan fingerprint density at radius 1 is 1.11 bits per heavy atom. The van der Waals surface area contributed by atoms with Gasteiger partial charge in [-0.2, -0.15) is 0 Å². The number of aryl methyl sites for hydroxylation is 1. The van der Waals surface area contributed by atoms with Gasteiger partial charge >= 0.3 is 0 Å². The molecule has 28 heavy (non-hydrogen) atoms. The molecule has 1 heterocycles. The minimum Gasteiger partial charge on any atom is -0.493 e. The van der Waals surface area contributed by atoms with Gasteiger partial charge in [0.15, 0.2) is 11.5 Å². The summed E-state index contributed by atoms with van der Waals surface area (Å²) in [5.74, 6) is 1.24. The van der Waals surface area contributed by atoms with E-state index in [0.29, 0.717) is 31.2 Å². The third-order valence-electron chi connectivity index (χ3n) is 5.06. The fourth-order valence-corrected chi connectivity index (χ4v) is 3.44. The van der Waals surface area contributed by atoms with Crippen molar-refractivity contribution in [2.75, 3.05) is 20.3 Å². The van der Waals surface area contributed by atoms with E-state index in [1.807, 2.05) is 25.1 Å². The molecule has 1 aliphatic heterocycles. The SMILES string of the molecule is CCOc1cc(CNC(=O)C2CNNC2c2ccc(CC)cc2)ccc1OC. The van der Waals surface area contributed by atoms with Crippen molar-refractivity contribution in [3.63, 3.8) is 0 Å². The average molecular weight is 383 g/mol. The fourth-order valence-electron chi connectivity index (χ4n) is 3.44. The fraction of sp³-hybridized carbons (Fsp3) is 0.409. The highest BCUT2D eigenvalue weighted by Crippen LogP contribution is 2.28. The first kappa shape index (κ1) is 20.2. The molecule has 0 radical (unpaired) electrons. The van der Waals surface area contributed by atoms with Crippen molar-refractivity contribution in [2.45, 2.75) is 32.9 Å². The third kappa shape index (κ3) is 4.64. The Kier molecular flexibility index (Phi) is 6.90. The summed E-state index contributed by atoms with van der Waals surface area (Å²) < 4.78 is 10.9. The van der Waals surface area contributed by atoms with Gasteiger partial charge in [-0.1, -0.05) is 37.3 Å². The number of ether oxygens (including phenoxy) is 2. The predicted molar refractivity (Wildman–Crippen MR) is 109 cm³/mol. The third-order valence-corrected chi connectivity index (χ3v) is 5.06. The molecule has 1 fully saturated rings. The zero-order valence-electron chi connectivity index (χ0n) is 16.7. The van der Waals surface area contributed by atoms with Gasteiger partial charge in [0.1, 0.15) is 0 Å². The molecule has 0 saturated carbocycles. The summed E-state index contributed by atoms with van der Waals surface area (Å²) in [5.41, 5.74) is 9.74. The summed E-state index contributed by atoms with van der Waals surface area (Å²) >= 11 is 0. The maximum Gasteiger partial charge on any atom is 0.226 e. The quantitative estimate of drug-likeness (QED) is 0.654. The van der Waals surface area contributed by atoms with Crippen molar-refractivity contribution in [1.29, 1.82) is 0 Å². The maximum absolute atomic E-state index is 12.8. The molecule has 1 saturated heterocycles. The lowest BCUT2D eigenvalue weighted by Gasteiger charge is -2.19. The highest BCUT2D eigenvalue weighted by Gasteiger charge is 2.33. The molecule has 150 valence electrons. The highest BCUT2D eigenvalue weighted by atomic mass is 16.5. The number of hydrogen-bond acceptors (Lipinski definition) is 5. The van der Waals surface area contributed by atoms with E-state index in [1.54, 1.807) is 7.11 Å². The normalized spacial score (nSPS) is 18.7. The van der Waals surface area contributed by atoms with E-state index in [2.05, 4.69) is 47.4 Å². The Balaban J connectivity index is 1.64. The van der Waals surface area contributed by atoms with Gasteiger partial charge in [-0.05, 0) is 42.2 Å². The summed E-state index contributed by atoms with van der Waals surface area (Å²) in [7, 11) is 1.62. The van der Waals surface area contributed by atoms with Gasteiger partial charge in [-0.3, -0.25) is 10.2 Å². The van der Waals surface area contributed by atoms with Crippen LogP contribution >= 0.6 is 0 Å². The number of nitrogens with one attached hydrogen (secondary N) is 3. The van der Waals surface area contributed by atoms with Crippen LogP contribution in [0.25, 0.3) is 0 Å². The Morgan fingerprint density at radius 2 is 1.86 bits per heavy atom. The van der Waals surface area contributed by atoms with Crippen LogP contribution in [0.4, 0.5) is 0 Å². The standard InChI is InChI=1S/C22H29N3O3/c1-4-15-6-9-17(10-7-15)21-18(14-24-25-21)22(26)23-13-16-8-11-19(27-3)20(12-16)28-5-2/h6-12,18,21,24-25H,4-5,13-14H2,1-3H3,(H,23,26). The van der Waals surface area contributed by atoms with Gasteiger partial charge in [0.05, 0.1) is 25.7 Å². The van der Waals surface area contributed by atoms with Gasteiger partial charge in [-0.25, -0.2) is 5.43 Å². The molecule has 6 nitrogen and oxygen atoms in total. The van der Waals surface area contributed by atoms with Crippen molar-refractivity contribution in [3.05, 3.63) is 59.2 Å².